The fourth-order valence-corrected chi connectivity index (χ4v) is 2.23. The minimum atomic E-state index is -4.39. The van der Waals surface area contributed by atoms with Crippen LogP contribution in [0.5, 0.6) is 0 Å². The van der Waals surface area contributed by atoms with E-state index in [1.54, 1.807) is 0 Å². The fraction of sp³-hybridized carbons (Fsp3) is 1.00. The van der Waals surface area contributed by atoms with Crippen LogP contribution in [0, 0.1) is 0 Å². The van der Waals surface area contributed by atoms with E-state index in [4.69, 9.17) is 14.2 Å². The highest BCUT2D eigenvalue weighted by atomic mass is 19.4. The molecule has 1 aliphatic heterocycles. The van der Waals surface area contributed by atoms with Gasteiger partial charge in [0.2, 0.25) is 0 Å². The van der Waals surface area contributed by atoms with Crippen LogP contribution in [0.1, 0.15) is 19.3 Å². The molecule has 0 aromatic carbocycles. The number of rotatable bonds is 2. The summed E-state index contributed by atoms with van der Waals surface area (Å²) in [5, 5.41) is 9.61. The van der Waals surface area contributed by atoms with E-state index < -0.39 is 30.8 Å². The second-order valence-corrected chi connectivity index (χ2v) is 4.38. The van der Waals surface area contributed by atoms with E-state index in [0.29, 0.717) is 26.1 Å². The maximum absolute atomic E-state index is 12.0. The Hall–Kier alpha value is -0.370. The summed E-state index contributed by atoms with van der Waals surface area (Å²) < 4.78 is 51.6. The first-order valence-corrected chi connectivity index (χ1v) is 5.55. The van der Waals surface area contributed by atoms with Crippen LogP contribution in [0.3, 0.4) is 0 Å². The molecule has 100 valence electrons. The third-order valence-electron chi connectivity index (χ3n) is 3.04. The van der Waals surface area contributed by atoms with E-state index in [2.05, 4.69) is 0 Å². The van der Waals surface area contributed by atoms with Gasteiger partial charge < -0.3 is 19.3 Å². The van der Waals surface area contributed by atoms with E-state index in [1.165, 1.54) is 0 Å². The molecule has 2 rings (SSSR count). The van der Waals surface area contributed by atoms with Crippen molar-refractivity contribution in [3.63, 3.8) is 0 Å². The minimum Gasteiger partial charge on any atom is -0.390 e. The molecular formula is C10H15F3O4. The Balaban J connectivity index is 1.91. The monoisotopic (exact) mass is 256 g/mol. The predicted molar refractivity (Wildman–Crippen MR) is 50.3 cm³/mol. The lowest BCUT2D eigenvalue weighted by molar-refractivity contribution is -0.245. The van der Waals surface area contributed by atoms with Crippen molar-refractivity contribution in [2.45, 2.75) is 43.4 Å². The third-order valence-corrected chi connectivity index (χ3v) is 3.04. The van der Waals surface area contributed by atoms with Crippen LogP contribution in [0.2, 0.25) is 0 Å². The first-order chi connectivity index (χ1) is 7.90. The Morgan fingerprint density at radius 3 is 2.53 bits per heavy atom. The molecule has 1 saturated carbocycles. The smallest absolute Gasteiger partial charge is 0.390 e. The lowest BCUT2D eigenvalue weighted by atomic mass is 9.89. The summed E-state index contributed by atoms with van der Waals surface area (Å²) in [5.41, 5.74) is 0. The van der Waals surface area contributed by atoms with E-state index in [0.717, 1.165) is 0 Å². The number of aliphatic hydroxyl groups excluding tert-OH is 1. The summed E-state index contributed by atoms with van der Waals surface area (Å²) in [7, 11) is 0. The highest BCUT2D eigenvalue weighted by molar-refractivity contribution is 4.88. The van der Waals surface area contributed by atoms with Crippen LogP contribution >= 0.6 is 0 Å². The summed E-state index contributed by atoms with van der Waals surface area (Å²) in [4.78, 5) is 0. The fourth-order valence-electron chi connectivity index (χ4n) is 2.23. The molecule has 2 aliphatic rings. The highest BCUT2D eigenvalue weighted by Gasteiger charge is 2.46. The van der Waals surface area contributed by atoms with Gasteiger partial charge in [0.25, 0.3) is 0 Å². The molecular weight excluding hydrogens is 241 g/mol. The molecule has 1 aliphatic carbocycles. The standard InChI is InChI=1S/C10H15F3O4/c11-10(12,13)6-15-8-5-9(2-1-7(8)14)16-3-4-17-9/h7-8,14H,1-6H2. The van der Waals surface area contributed by atoms with Crippen molar-refractivity contribution in [1.29, 1.82) is 0 Å². The zero-order chi connectivity index (χ0) is 12.5. The molecule has 4 nitrogen and oxygen atoms in total. The van der Waals surface area contributed by atoms with E-state index in [1.807, 2.05) is 0 Å². The molecule has 7 heteroatoms. The average molecular weight is 256 g/mol. The molecule has 0 radical (unpaired) electrons. The molecule has 0 aromatic rings. The zero-order valence-corrected chi connectivity index (χ0v) is 9.20. The Labute approximate surface area is 96.6 Å². The Bertz CT molecular complexity index is 263. The van der Waals surface area contributed by atoms with Crippen molar-refractivity contribution < 1.29 is 32.5 Å². The van der Waals surface area contributed by atoms with Gasteiger partial charge in [0, 0.05) is 12.8 Å². The summed E-state index contributed by atoms with van der Waals surface area (Å²) in [6, 6.07) is 0. The van der Waals surface area contributed by atoms with E-state index in [9.17, 15) is 18.3 Å². The van der Waals surface area contributed by atoms with Crippen molar-refractivity contribution in [1.82, 2.24) is 0 Å². The average Bonchev–Trinajstić information content (AvgIpc) is 2.68. The number of hydrogen-bond donors (Lipinski definition) is 1. The summed E-state index contributed by atoms with van der Waals surface area (Å²) >= 11 is 0. The quantitative estimate of drug-likeness (QED) is 0.807. The Kier molecular flexibility index (Phi) is 3.63. The van der Waals surface area contributed by atoms with Crippen LogP contribution in [0.4, 0.5) is 13.2 Å². The van der Waals surface area contributed by atoms with Gasteiger partial charge in [-0.3, -0.25) is 0 Å². The summed E-state index contributed by atoms with van der Waals surface area (Å²) in [6.07, 6.45) is -5.21. The van der Waals surface area contributed by atoms with Crippen molar-refractivity contribution in [2.24, 2.45) is 0 Å². The van der Waals surface area contributed by atoms with Gasteiger partial charge >= 0.3 is 6.18 Å². The van der Waals surface area contributed by atoms with E-state index in [-0.39, 0.29) is 6.42 Å². The SMILES string of the molecule is OC1CCC2(CC1OCC(F)(F)F)OCCO2. The number of aliphatic hydroxyl groups is 1. The summed E-state index contributed by atoms with van der Waals surface area (Å²) in [6.45, 7) is -0.491. The van der Waals surface area contributed by atoms with Gasteiger partial charge in [-0.15, -0.1) is 0 Å². The topological polar surface area (TPSA) is 47.9 Å². The summed E-state index contributed by atoms with van der Waals surface area (Å²) in [5.74, 6) is -0.852. The first-order valence-electron chi connectivity index (χ1n) is 5.55. The molecule has 0 bridgehead atoms. The molecule has 2 unspecified atom stereocenters. The maximum Gasteiger partial charge on any atom is 0.411 e. The van der Waals surface area contributed by atoms with Gasteiger partial charge in [-0.25, -0.2) is 0 Å². The second kappa shape index (κ2) is 4.72. The van der Waals surface area contributed by atoms with Gasteiger partial charge in [-0.05, 0) is 6.42 Å². The lowest BCUT2D eigenvalue weighted by Crippen LogP contribution is -2.47. The number of ether oxygens (including phenoxy) is 3. The molecule has 2 atom stereocenters. The Morgan fingerprint density at radius 2 is 1.94 bits per heavy atom. The predicted octanol–water partition coefficient (Wildman–Crippen LogP) is 1.22. The molecule has 1 spiro atoms. The van der Waals surface area contributed by atoms with Crippen molar-refractivity contribution in [2.75, 3.05) is 19.8 Å². The minimum absolute atomic E-state index is 0.143. The van der Waals surface area contributed by atoms with E-state index >= 15 is 0 Å². The number of alkyl halides is 3. The van der Waals surface area contributed by atoms with Crippen LogP contribution in [0.25, 0.3) is 0 Å². The zero-order valence-electron chi connectivity index (χ0n) is 9.20. The van der Waals surface area contributed by atoms with Gasteiger partial charge in [-0.1, -0.05) is 0 Å². The van der Waals surface area contributed by atoms with Gasteiger partial charge in [0.05, 0.1) is 25.4 Å². The highest BCUT2D eigenvalue weighted by Crippen LogP contribution is 2.37. The Morgan fingerprint density at radius 1 is 1.29 bits per heavy atom. The van der Waals surface area contributed by atoms with Crippen molar-refractivity contribution in [3.05, 3.63) is 0 Å². The van der Waals surface area contributed by atoms with Crippen molar-refractivity contribution in [3.8, 4) is 0 Å². The molecule has 2 fully saturated rings. The van der Waals surface area contributed by atoms with Gasteiger partial charge in [0.1, 0.15) is 6.61 Å². The van der Waals surface area contributed by atoms with Gasteiger partial charge in [-0.2, -0.15) is 13.2 Å². The third kappa shape index (κ3) is 3.31. The lowest BCUT2D eigenvalue weighted by Gasteiger charge is -2.38. The normalized spacial score (nSPS) is 33.2. The van der Waals surface area contributed by atoms with Crippen LogP contribution in [-0.2, 0) is 14.2 Å². The van der Waals surface area contributed by atoms with Crippen molar-refractivity contribution >= 4 is 0 Å². The molecule has 17 heavy (non-hydrogen) atoms. The largest absolute Gasteiger partial charge is 0.411 e. The number of halogens is 3. The molecule has 1 N–H and O–H groups in total. The number of hydrogen-bond acceptors (Lipinski definition) is 4. The maximum atomic E-state index is 12.0. The molecule has 1 heterocycles. The second-order valence-electron chi connectivity index (χ2n) is 4.38. The van der Waals surface area contributed by atoms with Crippen LogP contribution in [0.15, 0.2) is 0 Å². The molecule has 1 saturated heterocycles. The van der Waals surface area contributed by atoms with Crippen LogP contribution < -0.4 is 0 Å². The van der Waals surface area contributed by atoms with Crippen LogP contribution in [-0.4, -0.2) is 49.1 Å². The van der Waals surface area contributed by atoms with Gasteiger partial charge in [0.15, 0.2) is 5.79 Å². The molecule has 0 amide bonds. The first kappa shape index (κ1) is 13.1. The molecule has 0 aromatic heterocycles.